The first-order valence-corrected chi connectivity index (χ1v) is 11.2. The molecule has 0 spiro atoms. The third-order valence-corrected chi connectivity index (χ3v) is 5.87. The van der Waals surface area contributed by atoms with E-state index in [1.54, 1.807) is 0 Å². The summed E-state index contributed by atoms with van der Waals surface area (Å²) in [6.07, 6.45) is 9.34. The van der Waals surface area contributed by atoms with Gasteiger partial charge in [0.2, 0.25) is 0 Å². The molecular weight excluding hydrogens is 362 g/mol. The largest absolute Gasteiger partial charge is 0.377 e. The summed E-state index contributed by atoms with van der Waals surface area (Å²) in [5.41, 5.74) is 5.64. The Morgan fingerprint density at radius 2 is 1.11 bits per heavy atom. The van der Waals surface area contributed by atoms with Gasteiger partial charge in [0.1, 0.15) is 6.10 Å². The van der Waals surface area contributed by atoms with Crippen LogP contribution in [0.3, 0.4) is 0 Å². The SMILES string of the molecule is NCCOC1COC2CCCCC2OCCOCCOC2CCCCC2OC1. The van der Waals surface area contributed by atoms with Crippen LogP contribution in [0.15, 0.2) is 0 Å². The molecule has 4 atom stereocenters. The van der Waals surface area contributed by atoms with E-state index in [0.29, 0.717) is 52.8 Å². The smallest absolute Gasteiger partial charge is 0.104 e. The zero-order chi connectivity index (χ0) is 19.4. The summed E-state index contributed by atoms with van der Waals surface area (Å²) in [7, 11) is 0. The van der Waals surface area contributed by atoms with E-state index in [9.17, 15) is 0 Å². The average Bonchev–Trinajstić information content (AvgIpc) is 2.73. The van der Waals surface area contributed by atoms with Gasteiger partial charge in [-0.15, -0.1) is 0 Å². The predicted octanol–water partition coefficient (Wildman–Crippen LogP) is 2.05. The molecular formula is C21H39NO6. The third kappa shape index (κ3) is 7.52. The second kappa shape index (κ2) is 13.1. The van der Waals surface area contributed by atoms with Crippen molar-refractivity contribution >= 4 is 0 Å². The van der Waals surface area contributed by atoms with Gasteiger partial charge in [-0.3, -0.25) is 0 Å². The van der Waals surface area contributed by atoms with Crippen molar-refractivity contribution in [3.05, 3.63) is 0 Å². The molecule has 3 fully saturated rings. The molecule has 0 bridgehead atoms. The molecule has 0 radical (unpaired) electrons. The molecule has 2 N–H and O–H groups in total. The summed E-state index contributed by atoms with van der Waals surface area (Å²) in [5.74, 6) is 0. The number of fused-ring (bicyclic) bond motifs is 2. The molecule has 28 heavy (non-hydrogen) atoms. The minimum atomic E-state index is -0.107. The highest BCUT2D eigenvalue weighted by atomic mass is 16.6. The molecule has 164 valence electrons. The van der Waals surface area contributed by atoms with Crippen LogP contribution in [0.2, 0.25) is 0 Å². The maximum atomic E-state index is 6.25. The molecule has 4 unspecified atom stereocenters. The highest BCUT2D eigenvalue weighted by Gasteiger charge is 2.30. The summed E-state index contributed by atoms with van der Waals surface area (Å²) in [6, 6.07) is 0. The van der Waals surface area contributed by atoms with Gasteiger partial charge < -0.3 is 34.2 Å². The maximum Gasteiger partial charge on any atom is 0.104 e. The molecule has 7 heteroatoms. The quantitative estimate of drug-likeness (QED) is 0.775. The lowest BCUT2D eigenvalue weighted by molar-refractivity contribution is -0.156. The number of rotatable bonds is 3. The fraction of sp³-hybridized carbons (Fsp3) is 1.00. The summed E-state index contributed by atoms with van der Waals surface area (Å²) < 4.78 is 36.2. The first kappa shape index (κ1) is 22.4. The first-order valence-electron chi connectivity index (χ1n) is 11.2. The molecule has 0 aromatic carbocycles. The summed E-state index contributed by atoms with van der Waals surface area (Å²) >= 11 is 0. The third-order valence-electron chi connectivity index (χ3n) is 5.87. The standard InChI is InChI=1S/C21H39NO6/c22-9-10-24-17-15-27-20-7-3-1-5-18(20)25-13-11-23-12-14-26-19-6-2-4-8-21(19)28-16-17/h17-21H,1-16,22H2. The zero-order valence-electron chi connectivity index (χ0n) is 17.2. The van der Waals surface area contributed by atoms with Crippen LogP contribution in [0.25, 0.3) is 0 Å². The second-order valence-electron chi connectivity index (χ2n) is 8.02. The lowest BCUT2D eigenvalue weighted by atomic mass is 9.94. The summed E-state index contributed by atoms with van der Waals surface area (Å²) in [5, 5.41) is 0. The van der Waals surface area contributed by atoms with E-state index in [4.69, 9.17) is 34.2 Å². The van der Waals surface area contributed by atoms with Crippen molar-refractivity contribution in [2.45, 2.75) is 81.9 Å². The normalized spacial score (nSPS) is 37.0. The number of ether oxygens (including phenoxy) is 6. The first-order chi connectivity index (χ1) is 13.9. The highest BCUT2D eigenvalue weighted by Crippen LogP contribution is 2.26. The molecule has 1 heterocycles. The van der Waals surface area contributed by atoms with Crippen molar-refractivity contribution in [3.63, 3.8) is 0 Å². The van der Waals surface area contributed by atoms with Crippen molar-refractivity contribution in [2.24, 2.45) is 5.73 Å². The van der Waals surface area contributed by atoms with Crippen LogP contribution in [0.1, 0.15) is 51.4 Å². The molecule has 0 aromatic rings. The Kier molecular flexibility index (Phi) is 10.5. The predicted molar refractivity (Wildman–Crippen MR) is 106 cm³/mol. The van der Waals surface area contributed by atoms with Gasteiger partial charge >= 0.3 is 0 Å². The number of nitrogens with two attached hydrogens (primary N) is 1. The van der Waals surface area contributed by atoms with E-state index in [2.05, 4.69) is 0 Å². The van der Waals surface area contributed by atoms with Crippen molar-refractivity contribution in [1.29, 1.82) is 0 Å². The topological polar surface area (TPSA) is 81.4 Å². The second-order valence-corrected chi connectivity index (χ2v) is 8.02. The van der Waals surface area contributed by atoms with E-state index in [0.717, 1.165) is 25.7 Å². The van der Waals surface area contributed by atoms with Crippen LogP contribution < -0.4 is 5.73 Å². The Morgan fingerprint density at radius 3 is 1.57 bits per heavy atom. The van der Waals surface area contributed by atoms with Crippen LogP contribution >= 0.6 is 0 Å². The maximum absolute atomic E-state index is 6.25. The van der Waals surface area contributed by atoms with Crippen LogP contribution in [-0.4, -0.2) is 83.3 Å². The summed E-state index contributed by atoms with van der Waals surface area (Å²) in [6.45, 7) is 4.45. The Bertz CT molecular complexity index is 380. The summed E-state index contributed by atoms with van der Waals surface area (Å²) in [4.78, 5) is 0. The fourth-order valence-corrected chi connectivity index (χ4v) is 4.35. The Labute approximate surface area is 169 Å². The van der Waals surface area contributed by atoms with E-state index < -0.39 is 0 Å². The van der Waals surface area contributed by atoms with Crippen LogP contribution in [-0.2, 0) is 28.4 Å². The van der Waals surface area contributed by atoms with Crippen molar-refractivity contribution < 1.29 is 28.4 Å². The Balaban J connectivity index is 1.58. The van der Waals surface area contributed by atoms with Gasteiger partial charge in [0.05, 0.1) is 70.7 Å². The minimum absolute atomic E-state index is 0.107. The van der Waals surface area contributed by atoms with E-state index in [-0.39, 0.29) is 30.5 Å². The lowest BCUT2D eigenvalue weighted by Crippen LogP contribution is -2.41. The van der Waals surface area contributed by atoms with Crippen molar-refractivity contribution in [1.82, 2.24) is 0 Å². The van der Waals surface area contributed by atoms with Gasteiger partial charge in [-0.25, -0.2) is 0 Å². The molecule has 0 aromatic heterocycles. The lowest BCUT2D eigenvalue weighted by Gasteiger charge is -2.34. The van der Waals surface area contributed by atoms with Gasteiger partial charge in [0.25, 0.3) is 0 Å². The molecule has 3 aliphatic rings. The Morgan fingerprint density at radius 1 is 0.643 bits per heavy atom. The molecule has 1 saturated heterocycles. The number of hydrogen-bond acceptors (Lipinski definition) is 7. The monoisotopic (exact) mass is 401 g/mol. The van der Waals surface area contributed by atoms with Gasteiger partial charge in [0.15, 0.2) is 0 Å². The van der Waals surface area contributed by atoms with Gasteiger partial charge in [-0.1, -0.05) is 25.7 Å². The Hall–Kier alpha value is -0.280. The fourth-order valence-electron chi connectivity index (χ4n) is 4.35. The molecule has 2 aliphatic carbocycles. The molecule has 3 rings (SSSR count). The molecule has 1 aliphatic heterocycles. The molecule has 0 amide bonds. The molecule has 2 saturated carbocycles. The average molecular weight is 402 g/mol. The highest BCUT2D eigenvalue weighted by molar-refractivity contribution is 4.79. The van der Waals surface area contributed by atoms with Gasteiger partial charge in [0, 0.05) is 6.54 Å². The van der Waals surface area contributed by atoms with Crippen LogP contribution in [0.4, 0.5) is 0 Å². The van der Waals surface area contributed by atoms with Crippen LogP contribution in [0, 0.1) is 0 Å². The van der Waals surface area contributed by atoms with E-state index in [1.807, 2.05) is 0 Å². The van der Waals surface area contributed by atoms with Crippen molar-refractivity contribution in [3.8, 4) is 0 Å². The van der Waals surface area contributed by atoms with Crippen LogP contribution in [0.5, 0.6) is 0 Å². The van der Waals surface area contributed by atoms with Gasteiger partial charge in [-0.05, 0) is 25.7 Å². The van der Waals surface area contributed by atoms with Gasteiger partial charge in [-0.2, -0.15) is 0 Å². The number of hydrogen-bond donors (Lipinski definition) is 1. The molecule has 7 nitrogen and oxygen atoms in total. The minimum Gasteiger partial charge on any atom is -0.377 e. The van der Waals surface area contributed by atoms with Crippen molar-refractivity contribution in [2.75, 3.05) is 52.8 Å². The van der Waals surface area contributed by atoms with E-state index in [1.165, 1.54) is 25.7 Å². The van der Waals surface area contributed by atoms with E-state index >= 15 is 0 Å². The zero-order valence-corrected chi connectivity index (χ0v) is 17.2.